The lowest BCUT2D eigenvalue weighted by Gasteiger charge is -2.40. The number of rotatable bonds is 6. The highest BCUT2D eigenvalue weighted by Gasteiger charge is 2.32. The lowest BCUT2D eigenvalue weighted by molar-refractivity contribution is 0.0486. The Labute approximate surface area is 182 Å². The number of hydrogen-bond acceptors (Lipinski definition) is 6. The van der Waals surface area contributed by atoms with Crippen molar-refractivity contribution < 1.29 is 4.79 Å². The topological polar surface area (TPSA) is 90.0 Å². The summed E-state index contributed by atoms with van der Waals surface area (Å²) in [5, 5.41) is 10.2. The van der Waals surface area contributed by atoms with Crippen LogP contribution in [0.4, 0.5) is 5.82 Å². The number of benzene rings is 1. The minimum atomic E-state index is -0.122. The average molecular weight is 420 g/mol. The van der Waals surface area contributed by atoms with E-state index in [0.717, 1.165) is 41.9 Å². The van der Waals surface area contributed by atoms with E-state index in [1.54, 1.807) is 0 Å². The summed E-state index contributed by atoms with van der Waals surface area (Å²) in [6.45, 7) is 6.87. The van der Waals surface area contributed by atoms with Gasteiger partial charge in [0.15, 0.2) is 0 Å². The molecular formula is C23H29N7O. The van der Waals surface area contributed by atoms with Crippen LogP contribution in [0.2, 0.25) is 0 Å². The second kappa shape index (κ2) is 9.26. The maximum Gasteiger partial charge on any atom is 0.292 e. The van der Waals surface area contributed by atoms with E-state index in [1.165, 1.54) is 0 Å². The van der Waals surface area contributed by atoms with Crippen LogP contribution in [0.15, 0.2) is 42.7 Å². The number of piperazine rings is 1. The first-order chi connectivity index (χ1) is 15.0. The quantitative estimate of drug-likeness (QED) is 0.638. The second-order valence-electron chi connectivity index (χ2n) is 8.08. The summed E-state index contributed by atoms with van der Waals surface area (Å²) in [5.74, 6) is 0.840. The molecule has 4 rings (SSSR count). The van der Waals surface area contributed by atoms with Crippen molar-refractivity contribution in [1.29, 1.82) is 0 Å². The Hall–Kier alpha value is -3.26. The van der Waals surface area contributed by atoms with Gasteiger partial charge in [-0.25, -0.2) is 9.97 Å². The molecule has 1 unspecified atom stereocenters. The van der Waals surface area contributed by atoms with Gasteiger partial charge in [0.1, 0.15) is 5.82 Å². The molecule has 8 nitrogen and oxygen atoms in total. The minimum absolute atomic E-state index is 0.0184. The number of nitrogens with zero attached hydrogens (tertiary/aromatic N) is 5. The van der Waals surface area contributed by atoms with Gasteiger partial charge in [-0.1, -0.05) is 30.3 Å². The van der Waals surface area contributed by atoms with E-state index in [2.05, 4.69) is 49.6 Å². The van der Waals surface area contributed by atoms with Crippen molar-refractivity contribution in [3.8, 4) is 0 Å². The van der Waals surface area contributed by atoms with Crippen LogP contribution in [0.3, 0.4) is 0 Å². The third-order valence-electron chi connectivity index (χ3n) is 5.87. The number of aryl methyl sites for hydroxylation is 1. The van der Waals surface area contributed by atoms with Gasteiger partial charge < -0.3 is 15.1 Å². The molecule has 0 spiro atoms. The molecule has 1 aromatic carbocycles. The molecule has 1 aliphatic rings. The molecule has 2 N–H and O–H groups in total. The first-order valence-corrected chi connectivity index (χ1v) is 10.6. The maximum absolute atomic E-state index is 13.5. The zero-order valence-electron chi connectivity index (χ0n) is 18.3. The summed E-state index contributed by atoms with van der Waals surface area (Å²) in [5.41, 5.74) is 4.02. The minimum Gasteiger partial charge on any atom is -0.369 e. The molecule has 0 radical (unpaired) electrons. The van der Waals surface area contributed by atoms with Crippen molar-refractivity contribution >= 4 is 11.7 Å². The number of hydrogen-bond donors (Lipinski definition) is 2. The van der Waals surface area contributed by atoms with E-state index in [0.29, 0.717) is 18.9 Å². The molecule has 3 aromatic rings. The van der Waals surface area contributed by atoms with Gasteiger partial charge in [0.2, 0.25) is 5.82 Å². The van der Waals surface area contributed by atoms with Crippen molar-refractivity contribution in [1.82, 2.24) is 30.0 Å². The normalized spacial score (nSPS) is 17.0. The Bertz CT molecular complexity index is 1020. The Morgan fingerprint density at radius 2 is 2.00 bits per heavy atom. The van der Waals surface area contributed by atoms with E-state index < -0.39 is 0 Å². The largest absolute Gasteiger partial charge is 0.369 e. The van der Waals surface area contributed by atoms with Crippen LogP contribution in [-0.2, 0) is 6.42 Å². The van der Waals surface area contributed by atoms with Gasteiger partial charge in [-0.3, -0.25) is 9.89 Å². The predicted molar refractivity (Wildman–Crippen MR) is 120 cm³/mol. The van der Waals surface area contributed by atoms with Crippen molar-refractivity contribution in [2.45, 2.75) is 26.3 Å². The van der Waals surface area contributed by atoms with E-state index in [1.807, 2.05) is 49.3 Å². The van der Waals surface area contributed by atoms with Gasteiger partial charge >= 0.3 is 0 Å². The zero-order chi connectivity index (χ0) is 21.8. The Balaban J connectivity index is 1.55. The van der Waals surface area contributed by atoms with Crippen LogP contribution in [0.1, 0.15) is 39.0 Å². The molecule has 31 heavy (non-hydrogen) atoms. The molecule has 1 saturated heterocycles. The van der Waals surface area contributed by atoms with Gasteiger partial charge in [-0.05, 0) is 38.4 Å². The van der Waals surface area contributed by atoms with Crippen LogP contribution in [0, 0.1) is 13.8 Å². The van der Waals surface area contributed by atoms with E-state index in [9.17, 15) is 4.79 Å². The molecule has 1 fully saturated rings. The number of nitrogens with one attached hydrogen (secondary N) is 2. The molecule has 1 aliphatic heterocycles. The summed E-state index contributed by atoms with van der Waals surface area (Å²) in [6, 6.07) is 10.2. The molecule has 0 bridgehead atoms. The van der Waals surface area contributed by atoms with Gasteiger partial charge in [0.25, 0.3) is 5.91 Å². The highest BCUT2D eigenvalue weighted by atomic mass is 16.2. The van der Waals surface area contributed by atoms with E-state index >= 15 is 0 Å². The van der Waals surface area contributed by atoms with Crippen LogP contribution in [0.5, 0.6) is 0 Å². The molecule has 2 aromatic heterocycles. The fourth-order valence-electron chi connectivity index (χ4n) is 3.89. The molecule has 8 heteroatoms. The summed E-state index contributed by atoms with van der Waals surface area (Å²) < 4.78 is 0. The number of carbonyl (C=O) groups is 1. The van der Waals surface area contributed by atoms with Crippen molar-refractivity contribution in [2.75, 3.05) is 38.5 Å². The van der Waals surface area contributed by atoms with E-state index in [-0.39, 0.29) is 17.8 Å². The molecule has 162 valence electrons. The summed E-state index contributed by atoms with van der Waals surface area (Å²) >= 11 is 0. The molecule has 0 saturated carbocycles. The first-order valence-electron chi connectivity index (χ1n) is 10.6. The Kier molecular flexibility index (Phi) is 6.27. The highest BCUT2D eigenvalue weighted by molar-refractivity contribution is 5.91. The summed E-state index contributed by atoms with van der Waals surface area (Å²) in [4.78, 5) is 26.8. The number of carbonyl (C=O) groups excluding carboxylic acids is 1. The molecule has 0 aliphatic carbocycles. The molecule has 1 amide bonds. The maximum atomic E-state index is 13.5. The Morgan fingerprint density at radius 1 is 1.19 bits per heavy atom. The predicted octanol–water partition coefficient (Wildman–Crippen LogP) is 2.60. The van der Waals surface area contributed by atoms with Crippen molar-refractivity contribution in [2.24, 2.45) is 0 Å². The van der Waals surface area contributed by atoms with Gasteiger partial charge in [-0.15, -0.1) is 0 Å². The van der Waals surface area contributed by atoms with Gasteiger partial charge in [0.05, 0.1) is 12.2 Å². The SMILES string of the molecule is Cc1nc(C(=O)N2CCN(C)CC2c2ccccc2)nc(NCCc2cn[nH]c2)c1C. The third-order valence-corrected chi connectivity index (χ3v) is 5.87. The lowest BCUT2D eigenvalue weighted by atomic mass is 10.0. The number of anilines is 1. The fraction of sp³-hybridized carbons (Fsp3) is 0.391. The van der Waals surface area contributed by atoms with Crippen LogP contribution >= 0.6 is 0 Å². The molecular weight excluding hydrogens is 390 g/mol. The Morgan fingerprint density at radius 3 is 2.74 bits per heavy atom. The molecule has 3 heterocycles. The number of aromatic amines is 1. The molecule has 1 atom stereocenters. The number of amides is 1. The fourth-order valence-corrected chi connectivity index (χ4v) is 3.89. The number of aromatic nitrogens is 4. The monoisotopic (exact) mass is 419 g/mol. The van der Waals surface area contributed by atoms with Crippen molar-refractivity contribution in [3.63, 3.8) is 0 Å². The average Bonchev–Trinajstić information content (AvgIpc) is 3.30. The number of likely N-dealkylation sites (N-methyl/N-ethyl adjacent to an activating group) is 1. The van der Waals surface area contributed by atoms with Crippen LogP contribution in [-0.4, -0.2) is 69.1 Å². The third kappa shape index (κ3) is 4.74. The van der Waals surface area contributed by atoms with Gasteiger partial charge in [-0.2, -0.15) is 5.10 Å². The second-order valence-corrected chi connectivity index (χ2v) is 8.08. The van der Waals surface area contributed by atoms with E-state index in [4.69, 9.17) is 0 Å². The smallest absolute Gasteiger partial charge is 0.292 e. The van der Waals surface area contributed by atoms with Crippen LogP contribution < -0.4 is 5.32 Å². The van der Waals surface area contributed by atoms with Gasteiger partial charge in [0, 0.05) is 43.6 Å². The highest BCUT2D eigenvalue weighted by Crippen LogP contribution is 2.26. The summed E-state index contributed by atoms with van der Waals surface area (Å²) in [6.07, 6.45) is 4.51. The van der Waals surface area contributed by atoms with Crippen molar-refractivity contribution in [3.05, 3.63) is 70.9 Å². The standard InChI is InChI=1S/C23H29N7O/c1-16-17(2)27-22(28-21(16)24-10-9-18-13-25-26-14-18)23(31)30-12-11-29(3)15-20(30)19-7-5-4-6-8-19/h4-8,13-14,20H,9-12,15H2,1-3H3,(H,25,26)(H,24,27,28). The van der Waals surface area contributed by atoms with Crippen LogP contribution in [0.25, 0.3) is 0 Å². The summed E-state index contributed by atoms with van der Waals surface area (Å²) in [7, 11) is 2.09. The first kappa shape index (κ1) is 21.0. The lowest BCUT2D eigenvalue weighted by Crippen LogP contribution is -2.49. The zero-order valence-corrected chi connectivity index (χ0v) is 18.3. The number of H-pyrrole nitrogens is 1.